The van der Waals surface area contributed by atoms with Crippen LogP contribution in [0.15, 0.2) is 59.8 Å². The van der Waals surface area contributed by atoms with E-state index in [0.29, 0.717) is 12.8 Å². The molecule has 0 bridgehead atoms. The fourth-order valence-electron chi connectivity index (χ4n) is 2.37. The lowest BCUT2D eigenvalue weighted by Crippen LogP contribution is -2.17. The van der Waals surface area contributed by atoms with Crippen LogP contribution in [0.5, 0.6) is 0 Å². The maximum Gasteiger partial charge on any atom is 0.240 e. The third kappa shape index (κ3) is 3.83. The predicted molar refractivity (Wildman–Crippen MR) is 88.8 cm³/mol. The van der Waals surface area contributed by atoms with Gasteiger partial charge in [-0.05, 0) is 35.7 Å². The zero-order chi connectivity index (χ0) is 16.1. The van der Waals surface area contributed by atoms with Crippen LogP contribution < -0.4 is 5.43 Å². The number of hydrogen-bond donors (Lipinski definition) is 2. The number of rotatable bonds is 5. The third-order valence-electron chi connectivity index (χ3n) is 3.57. The van der Waals surface area contributed by atoms with E-state index in [1.165, 1.54) is 18.3 Å². The van der Waals surface area contributed by atoms with Crippen LogP contribution in [0.4, 0.5) is 4.39 Å². The molecule has 0 aliphatic heterocycles. The van der Waals surface area contributed by atoms with Gasteiger partial charge in [-0.2, -0.15) is 5.10 Å². The minimum atomic E-state index is -0.301. The molecule has 5 heteroatoms. The summed E-state index contributed by atoms with van der Waals surface area (Å²) in [4.78, 5) is 15.0. The number of H-pyrrole nitrogens is 1. The molecule has 2 N–H and O–H groups in total. The van der Waals surface area contributed by atoms with Crippen molar-refractivity contribution in [1.82, 2.24) is 10.4 Å². The number of carbonyl (C=O) groups excluding carboxylic acids is 1. The lowest BCUT2D eigenvalue weighted by molar-refractivity contribution is -0.121. The summed E-state index contributed by atoms with van der Waals surface area (Å²) in [6, 6.07) is 13.9. The molecule has 23 heavy (non-hydrogen) atoms. The Morgan fingerprint density at radius 2 is 1.96 bits per heavy atom. The van der Waals surface area contributed by atoms with Crippen LogP contribution in [0.1, 0.15) is 17.5 Å². The Morgan fingerprint density at radius 1 is 1.17 bits per heavy atom. The third-order valence-corrected chi connectivity index (χ3v) is 3.57. The van der Waals surface area contributed by atoms with Gasteiger partial charge in [0, 0.05) is 23.5 Å². The van der Waals surface area contributed by atoms with E-state index in [-0.39, 0.29) is 11.7 Å². The predicted octanol–water partition coefficient (Wildman–Crippen LogP) is 3.39. The first-order chi connectivity index (χ1) is 11.2. The van der Waals surface area contributed by atoms with Crippen molar-refractivity contribution in [2.45, 2.75) is 12.8 Å². The van der Waals surface area contributed by atoms with Crippen molar-refractivity contribution in [3.63, 3.8) is 0 Å². The normalized spacial score (nSPS) is 11.2. The van der Waals surface area contributed by atoms with Crippen LogP contribution in [0.25, 0.3) is 10.9 Å². The number of aryl methyl sites for hydroxylation is 1. The molecule has 1 amide bonds. The number of hydrazone groups is 1. The number of benzene rings is 2. The standard InChI is InChI=1S/C18H16FN3O/c19-15-8-5-13(6-9-15)11-21-22-18(23)10-7-14-12-20-17-4-2-1-3-16(14)17/h1-6,8-9,11-12,20H,7,10H2,(H,22,23). The SMILES string of the molecule is O=C(CCc1c[nH]c2ccccc12)NN=Cc1ccc(F)cc1. The zero-order valence-corrected chi connectivity index (χ0v) is 12.4. The molecule has 0 unspecified atom stereocenters. The number of amides is 1. The maximum atomic E-state index is 12.8. The first-order valence-electron chi connectivity index (χ1n) is 7.35. The maximum absolute atomic E-state index is 12.8. The van der Waals surface area contributed by atoms with Gasteiger partial charge in [0.2, 0.25) is 5.91 Å². The van der Waals surface area contributed by atoms with Crippen LogP contribution in [0, 0.1) is 5.82 Å². The average Bonchev–Trinajstić information content (AvgIpc) is 2.98. The van der Waals surface area contributed by atoms with Crippen LogP contribution in [0.3, 0.4) is 0 Å². The van der Waals surface area contributed by atoms with Crippen molar-refractivity contribution in [3.8, 4) is 0 Å². The second-order valence-electron chi connectivity index (χ2n) is 5.20. The van der Waals surface area contributed by atoms with Crippen molar-refractivity contribution < 1.29 is 9.18 Å². The number of aromatic amines is 1. The van der Waals surface area contributed by atoms with Gasteiger partial charge in [-0.25, -0.2) is 9.82 Å². The van der Waals surface area contributed by atoms with E-state index in [2.05, 4.69) is 15.5 Å². The topological polar surface area (TPSA) is 57.2 Å². The molecule has 0 fully saturated rings. The van der Waals surface area contributed by atoms with Gasteiger partial charge in [-0.15, -0.1) is 0 Å². The molecule has 116 valence electrons. The quantitative estimate of drug-likeness (QED) is 0.551. The fourth-order valence-corrected chi connectivity index (χ4v) is 2.37. The number of nitrogens with zero attached hydrogens (tertiary/aromatic N) is 1. The average molecular weight is 309 g/mol. The first kappa shape index (κ1) is 15.0. The van der Waals surface area contributed by atoms with Crippen molar-refractivity contribution in [2.24, 2.45) is 5.10 Å². The molecule has 3 aromatic rings. The minimum Gasteiger partial charge on any atom is -0.361 e. The molecule has 0 radical (unpaired) electrons. The van der Waals surface area contributed by atoms with Crippen molar-refractivity contribution in [3.05, 3.63) is 71.7 Å². The van der Waals surface area contributed by atoms with Gasteiger partial charge in [0.05, 0.1) is 6.21 Å². The minimum absolute atomic E-state index is 0.159. The Labute approximate surface area is 133 Å². The van der Waals surface area contributed by atoms with E-state index in [9.17, 15) is 9.18 Å². The highest BCUT2D eigenvalue weighted by atomic mass is 19.1. The molecule has 0 saturated heterocycles. The van der Waals surface area contributed by atoms with Crippen molar-refractivity contribution in [1.29, 1.82) is 0 Å². The summed E-state index contributed by atoms with van der Waals surface area (Å²) in [5, 5.41) is 5.01. The molecule has 3 rings (SSSR count). The van der Waals surface area contributed by atoms with Crippen LogP contribution in [-0.4, -0.2) is 17.1 Å². The molecule has 0 saturated carbocycles. The fraction of sp³-hybridized carbons (Fsp3) is 0.111. The lowest BCUT2D eigenvalue weighted by atomic mass is 10.1. The van der Waals surface area contributed by atoms with Gasteiger partial charge in [-0.1, -0.05) is 30.3 Å². The molecule has 0 aliphatic carbocycles. The van der Waals surface area contributed by atoms with Gasteiger partial charge in [-0.3, -0.25) is 4.79 Å². The van der Waals surface area contributed by atoms with E-state index in [1.807, 2.05) is 30.5 Å². The van der Waals surface area contributed by atoms with E-state index < -0.39 is 0 Å². The Morgan fingerprint density at radius 3 is 2.78 bits per heavy atom. The van der Waals surface area contributed by atoms with E-state index in [1.54, 1.807) is 12.1 Å². The number of para-hydroxylation sites is 1. The molecular formula is C18H16FN3O. The van der Waals surface area contributed by atoms with Gasteiger partial charge in [0.25, 0.3) is 0 Å². The first-order valence-corrected chi connectivity index (χ1v) is 7.35. The molecule has 4 nitrogen and oxygen atoms in total. The Bertz CT molecular complexity index is 837. The van der Waals surface area contributed by atoms with Crippen molar-refractivity contribution >= 4 is 23.0 Å². The van der Waals surface area contributed by atoms with Crippen LogP contribution in [0.2, 0.25) is 0 Å². The van der Waals surface area contributed by atoms with Crippen LogP contribution in [-0.2, 0) is 11.2 Å². The highest BCUT2D eigenvalue weighted by Gasteiger charge is 2.05. The number of aromatic nitrogens is 1. The number of carbonyl (C=O) groups is 1. The molecule has 0 atom stereocenters. The summed E-state index contributed by atoms with van der Waals surface area (Å²) in [5.41, 5.74) is 5.38. The Hall–Kier alpha value is -2.95. The molecule has 2 aromatic carbocycles. The molecule has 0 aliphatic rings. The largest absolute Gasteiger partial charge is 0.361 e. The molecule has 0 spiro atoms. The number of fused-ring (bicyclic) bond motifs is 1. The number of hydrogen-bond acceptors (Lipinski definition) is 2. The van der Waals surface area contributed by atoms with E-state index in [4.69, 9.17) is 0 Å². The number of nitrogens with one attached hydrogen (secondary N) is 2. The summed E-state index contributed by atoms with van der Waals surface area (Å²) < 4.78 is 12.8. The highest BCUT2D eigenvalue weighted by molar-refractivity contribution is 5.85. The van der Waals surface area contributed by atoms with Gasteiger partial charge < -0.3 is 4.98 Å². The summed E-state index contributed by atoms with van der Waals surface area (Å²) in [7, 11) is 0. The summed E-state index contributed by atoms with van der Waals surface area (Å²) >= 11 is 0. The van der Waals surface area contributed by atoms with Gasteiger partial charge in [0.15, 0.2) is 0 Å². The van der Waals surface area contributed by atoms with Gasteiger partial charge >= 0.3 is 0 Å². The van der Waals surface area contributed by atoms with Crippen LogP contribution >= 0.6 is 0 Å². The zero-order valence-electron chi connectivity index (χ0n) is 12.4. The summed E-state index contributed by atoms with van der Waals surface area (Å²) in [6.45, 7) is 0. The Balaban J connectivity index is 1.52. The molecule has 1 heterocycles. The summed E-state index contributed by atoms with van der Waals surface area (Å²) in [5.74, 6) is -0.460. The Kier molecular flexibility index (Phi) is 4.47. The monoisotopic (exact) mass is 309 g/mol. The van der Waals surface area contributed by atoms with E-state index in [0.717, 1.165) is 22.0 Å². The number of halogens is 1. The second kappa shape index (κ2) is 6.87. The van der Waals surface area contributed by atoms with E-state index >= 15 is 0 Å². The molecular weight excluding hydrogens is 293 g/mol. The highest BCUT2D eigenvalue weighted by Crippen LogP contribution is 2.18. The smallest absolute Gasteiger partial charge is 0.240 e. The lowest BCUT2D eigenvalue weighted by Gasteiger charge is -2.00. The summed E-state index contributed by atoms with van der Waals surface area (Å²) in [6.07, 6.45) is 4.41. The van der Waals surface area contributed by atoms with Gasteiger partial charge in [0.1, 0.15) is 5.82 Å². The van der Waals surface area contributed by atoms with Crippen molar-refractivity contribution in [2.75, 3.05) is 0 Å². The molecule has 1 aromatic heterocycles. The second-order valence-corrected chi connectivity index (χ2v) is 5.20.